The Morgan fingerprint density at radius 1 is 1.25 bits per heavy atom. The molecule has 0 unspecified atom stereocenters. The quantitative estimate of drug-likeness (QED) is 0.902. The van der Waals surface area contributed by atoms with E-state index in [0.717, 1.165) is 36.4 Å². The van der Waals surface area contributed by atoms with Gasteiger partial charge in [0.2, 0.25) is 0 Å². The van der Waals surface area contributed by atoms with Gasteiger partial charge in [0.15, 0.2) is 0 Å². The Kier molecular flexibility index (Phi) is 4.07. The van der Waals surface area contributed by atoms with Gasteiger partial charge in [-0.15, -0.1) is 0 Å². The third-order valence-electron chi connectivity index (χ3n) is 2.80. The molecule has 1 fully saturated rings. The van der Waals surface area contributed by atoms with Crippen molar-refractivity contribution in [1.29, 1.82) is 0 Å². The molecule has 0 aliphatic carbocycles. The molecule has 1 saturated heterocycles. The molecule has 16 heavy (non-hydrogen) atoms. The van der Waals surface area contributed by atoms with E-state index < -0.39 is 0 Å². The number of halogens is 1. The van der Waals surface area contributed by atoms with Crippen LogP contribution in [-0.2, 0) is 0 Å². The minimum absolute atomic E-state index is 0.904. The predicted octanol–water partition coefficient (Wildman–Crippen LogP) is 2.26. The van der Waals surface area contributed by atoms with Crippen molar-refractivity contribution < 1.29 is 4.74 Å². The number of hydrogen-bond acceptors (Lipinski definition) is 3. The monoisotopic (exact) mass is 284 g/mol. The summed E-state index contributed by atoms with van der Waals surface area (Å²) in [5, 5.41) is 3.41. The maximum absolute atomic E-state index is 5.29. The number of nitrogens with zero attached hydrogens (tertiary/aromatic N) is 1. The normalized spacial score (nSPS) is 17.0. The van der Waals surface area contributed by atoms with Crippen molar-refractivity contribution in [3.63, 3.8) is 0 Å². The molecule has 1 aliphatic rings. The molecule has 0 spiro atoms. The van der Waals surface area contributed by atoms with Crippen LogP contribution in [0, 0.1) is 0 Å². The van der Waals surface area contributed by atoms with Crippen molar-refractivity contribution in [2.75, 3.05) is 38.2 Å². The van der Waals surface area contributed by atoms with Crippen LogP contribution in [0.1, 0.15) is 6.42 Å². The highest BCUT2D eigenvalue weighted by molar-refractivity contribution is 9.10. The second-order valence-electron chi connectivity index (χ2n) is 3.94. The lowest BCUT2D eigenvalue weighted by atomic mass is 10.2. The smallest absolute Gasteiger partial charge is 0.122 e. The molecule has 0 saturated carbocycles. The number of ether oxygens (including phenoxy) is 1. The van der Waals surface area contributed by atoms with E-state index in [1.807, 2.05) is 6.07 Å². The predicted molar refractivity (Wildman–Crippen MR) is 70.4 cm³/mol. The summed E-state index contributed by atoms with van der Waals surface area (Å²) in [6, 6.07) is 6.23. The van der Waals surface area contributed by atoms with Gasteiger partial charge in [-0.05, 0) is 25.1 Å². The van der Waals surface area contributed by atoms with Crippen LogP contribution in [0.5, 0.6) is 5.75 Å². The Morgan fingerprint density at radius 2 is 2.12 bits per heavy atom. The summed E-state index contributed by atoms with van der Waals surface area (Å²) in [6.07, 6.45) is 1.19. The van der Waals surface area contributed by atoms with E-state index in [4.69, 9.17) is 4.74 Å². The molecule has 88 valence electrons. The molecule has 3 nitrogen and oxygen atoms in total. The van der Waals surface area contributed by atoms with E-state index in [2.05, 4.69) is 38.3 Å². The second kappa shape index (κ2) is 5.55. The van der Waals surface area contributed by atoms with E-state index in [1.54, 1.807) is 7.11 Å². The van der Waals surface area contributed by atoms with Crippen LogP contribution in [0.3, 0.4) is 0 Å². The third-order valence-corrected chi connectivity index (χ3v) is 3.25. The van der Waals surface area contributed by atoms with Gasteiger partial charge in [-0.2, -0.15) is 0 Å². The van der Waals surface area contributed by atoms with Crippen molar-refractivity contribution in [1.82, 2.24) is 5.32 Å². The Balaban J connectivity index is 2.20. The van der Waals surface area contributed by atoms with Crippen LogP contribution >= 0.6 is 15.9 Å². The van der Waals surface area contributed by atoms with Gasteiger partial charge < -0.3 is 15.0 Å². The first-order valence-corrected chi connectivity index (χ1v) is 6.39. The van der Waals surface area contributed by atoms with Gasteiger partial charge in [-0.3, -0.25) is 0 Å². The van der Waals surface area contributed by atoms with Crippen LogP contribution < -0.4 is 15.0 Å². The maximum Gasteiger partial charge on any atom is 0.122 e. The summed E-state index contributed by atoms with van der Waals surface area (Å²) >= 11 is 3.52. The van der Waals surface area contributed by atoms with E-state index in [9.17, 15) is 0 Å². The number of methoxy groups -OCH3 is 1. The number of rotatable bonds is 2. The summed E-state index contributed by atoms with van der Waals surface area (Å²) < 4.78 is 6.35. The summed E-state index contributed by atoms with van der Waals surface area (Å²) in [5.41, 5.74) is 1.23. The molecule has 2 rings (SSSR count). The molecule has 0 bridgehead atoms. The average molecular weight is 285 g/mol. The maximum atomic E-state index is 5.29. The van der Waals surface area contributed by atoms with Crippen molar-refractivity contribution in [3.8, 4) is 5.75 Å². The van der Waals surface area contributed by atoms with Crippen LogP contribution in [0.2, 0.25) is 0 Å². The lowest BCUT2D eigenvalue weighted by Gasteiger charge is -2.23. The largest absolute Gasteiger partial charge is 0.497 e. The molecular weight excluding hydrogens is 268 g/mol. The fourth-order valence-electron chi connectivity index (χ4n) is 1.95. The van der Waals surface area contributed by atoms with Gasteiger partial charge in [-0.25, -0.2) is 0 Å². The lowest BCUT2D eigenvalue weighted by Crippen LogP contribution is -2.27. The number of nitrogens with one attached hydrogen (secondary N) is 1. The molecule has 0 aromatic heterocycles. The van der Waals surface area contributed by atoms with Crippen molar-refractivity contribution in [2.45, 2.75) is 6.42 Å². The minimum atomic E-state index is 0.904. The molecule has 1 heterocycles. The fraction of sp³-hybridized carbons (Fsp3) is 0.500. The number of anilines is 1. The Bertz CT molecular complexity index is 349. The molecule has 1 N–H and O–H groups in total. The standard InChI is InChI=1S/C12H17BrN2O/c1-16-12-8-10(13)7-11(9-12)15-5-2-3-14-4-6-15/h7-9,14H,2-6H2,1H3. The Morgan fingerprint density at radius 3 is 2.94 bits per heavy atom. The molecule has 0 radical (unpaired) electrons. The highest BCUT2D eigenvalue weighted by Gasteiger charge is 2.10. The SMILES string of the molecule is COc1cc(Br)cc(N2CCCNCC2)c1. The third kappa shape index (κ3) is 2.89. The molecular formula is C12H17BrN2O. The van der Waals surface area contributed by atoms with Gasteiger partial charge in [0, 0.05) is 35.9 Å². The fourth-order valence-corrected chi connectivity index (χ4v) is 2.41. The van der Waals surface area contributed by atoms with Gasteiger partial charge in [0.1, 0.15) is 5.75 Å². The van der Waals surface area contributed by atoms with Crippen molar-refractivity contribution in [3.05, 3.63) is 22.7 Å². The Hall–Kier alpha value is -0.740. The van der Waals surface area contributed by atoms with Gasteiger partial charge in [0.25, 0.3) is 0 Å². The lowest BCUT2D eigenvalue weighted by molar-refractivity contribution is 0.414. The highest BCUT2D eigenvalue weighted by atomic mass is 79.9. The van der Waals surface area contributed by atoms with Crippen LogP contribution in [0.4, 0.5) is 5.69 Å². The number of hydrogen-bond donors (Lipinski definition) is 1. The Labute approximate surface area is 105 Å². The summed E-state index contributed by atoms with van der Waals surface area (Å²) in [7, 11) is 1.70. The summed E-state index contributed by atoms with van der Waals surface area (Å²) in [6.45, 7) is 4.32. The van der Waals surface area contributed by atoms with E-state index >= 15 is 0 Å². The van der Waals surface area contributed by atoms with Crippen LogP contribution in [0.15, 0.2) is 22.7 Å². The first-order chi connectivity index (χ1) is 7.79. The van der Waals surface area contributed by atoms with Gasteiger partial charge >= 0.3 is 0 Å². The minimum Gasteiger partial charge on any atom is -0.497 e. The average Bonchev–Trinajstić information content (AvgIpc) is 2.56. The molecule has 0 amide bonds. The summed E-state index contributed by atoms with van der Waals surface area (Å²) in [5.74, 6) is 0.904. The van der Waals surface area contributed by atoms with Gasteiger partial charge in [-0.1, -0.05) is 15.9 Å². The van der Waals surface area contributed by atoms with E-state index in [0.29, 0.717) is 0 Å². The molecule has 0 atom stereocenters. The highest BCUT2D eigenvalue weighted by Crippen LogP contribution is 2.27. The molecule has 1 aromatic rings. The molecule has 4 heteroatoms. The van der Waals surface area contributed by atoms with E-state index in [-0.39, 0.29) is 0 Å². The second-order valence-corrected chi connectivity index (χ2v) is 4.86. The first kappa shape index (κ1) is 11.7. The zero-order valence-corrected chi connectivity index (χ0v) is 11.1. The number of benzene rings is 1. The molecule has 1 aromatic carbocycles. The zero-order valence-electron chi connectivity index (χ0n) is 9.50. The van der Waals surface area contributed by atoms with Gasteiger partial charge in [0.05, 0.1) is 7.11 Å². The zero-order chi connectivity index (χ0) is 11.4. The van der Waals surface area contributed by atoms with Crippen LogP contribution in [0.25, 0.3) is 0 Å². The topological polar surface area (TPSA) is 24.5 Å². The molecule has 1 aliphatic heterocycles. The van der Waals surface area contributed by atoms with E-state index in [1.165, 1.54) is 12.1 Å². The summed E-state index contributed by atoms with van der Waals surface area (Å²) in [4.78, 5) is 2.40. The van der Waals surface area contributed by atoms with Crippen molar-refractivity contribution in [2.24, 2.45) is 0 Å². The van der Waals surface area contributed by atoms with Crippen molar-refractivity contribution >= 4 is 21.6 Å². The first-order valence-electron chi connectivity index (χ1n) is 5.60. The van der Waals surface area contributed by atoms with Crippen LogP contribution in [-0.4, -0.2) is 33.3 Å².